The van der Waals surface area contributed by atoms with E-state index in [-0.39, 0.29) is 4.90 Å². The molecule has 0 amide bonds. The van der Waals surface area contributed by atoms with E-state index in [1.54, 1.807) is 53.5 Å². The molecule has 0 fully saturated rings. The molecule has 3 aromatic heterocycles. The zero-order chi connectivity index (χ0) is 16.7. The summed E-state index contributed by atoms with van der Waals surface area (Å²) in [5.41, 5.74) is 2.87. The molecular weight excluding hydrogens is 324 g/mol. The van der Waals surface area contributed by atoms with Crippen LogP contribution in [0.25, 0.3) is 22.2 Å². The van der Waals surface area contributed by atoms with Crippen LogP contribution in [0.15, 0.2) is 72.1 Å². The second-order valence-electron chi connectivity index (χ2n) is 5.46. The number of aromatic nitrogens is 4. The van der Waals surface area contributed by atoms with E-state index in [1.807, 2.05) is 19.3 Å². The molecule has 120 valence electrons. The smallest absolute Gasteiger partial charge is 0.268 e. The van der Waals surface area contributed by atoms with Gasteiger partial charge in [0.2, 0.25) is 0 Å². The highest BCUT2D eigenvalue weighted by atomic mass is 32.2. The van der Waals surface area contributed by atoms with Gasteiger partial charge in [-0.1, -0.05) is 18.2 Å². The average Bonchev–Trinajstić information content (AvgIpc) is 3.21. The number of aryl methyl sites for hydroxylation is 1. The first-order valence-electron chi connectivity index (χ1n) is 7.32. The number of hydrogen-bond acceptors (Lipinski definition) is 4. The Bertz CT molecular complexity index is 1130. The Morgan fingerprint density at radius 2 is 1.79 bits per heavy atom. The summed E-state index contributed by atoms with van der Waals surface area (Å²) in [5, 5.41) is 4.14. The fourth-order valence-corrected chi connectivity index (χ4v) is 3.99. The van der Waals surface area contributed by atoms with Gasteiger partial charge in [0.15, 0.2) is 0 Å². The van der Waals surface area contributed by atoms with E-state index < -0.39 is 10.0 Å². The number of benzene rings is 1. The van der Waals surface area contributed by atoms with Crippen molar-refractivity contribution in [1.82, 2.24) is 18.7 Å². The Morgan fingerprint density at radius 1 is 1.00 bits per heavy atom. The molecule has 0 radical (unpaired) electrons. The first-order chi connectivity index (χ1) is 11.6. The first-order valence-corrected chi connectivity index (χ1v) is 8.76. The van der Waals surface area contributed by atoms with Crippen LogP contribution in [0, 0.1) is 0 Å². The molecule has 0 N–H and O–H groups in total. The molecule has 0 atom stereocenters. The lowest BCUT2D eigenvalue weighted by molar-refractivity contribution is 0.589. The maximum Gasteiger partial charge on any atom is 0.268 e. The van der Waals surface area contributed by atoms with Gasteiger partial charge in [-0.2, -0.15) is 5.10 Å². The maximum atomic E-state index is 12.9. The van der Waals surface area contributed by atoms with Gasteiger partial charge in [0, 0.05) is 36.8 Å². The number of fused-ring (bicyclic) bond motifs is 1. The van der Waals surface area contributed by atoms with Crippen LogP contribution in [0.3, 0.4) is 0 Å². The van der Waals surface area contributed by atoms with Crippen molar-refractivity contribution in [3.05, 3.63) is 67.3 Å². The van der Waals surface area contributed by atoms with Crippen LogP contribution < -0.4 is 0 Å². The topological polar surface area (TPSA) is 69.8 Å². The van der Waals surface area contributed by atoms with Crippen LogP contribution in [0.2, 0.25) is 0 Å². The van der Waals surface area contributed by atoms with Crippen molar-refractivity contribution in [1.29, 1.82) is 0 Å². The minimum absolute atomic E-state index is 0.245. The molecule has 4 rings (SSSR count). The summed E-state index contributed by atoms with van der Waals surface area (Å²) in [6.45, 7) is 0. The minimum atomic E-state index is -3.66. The van der Waals surface area contributed by atoms with Gasteiger partial charge in [0.1, 0.15) is 0 Å². The van der Waals surface area contributed by atoms with E-state index in [1.165, 1.54) is 10.2 Å². The summed E-state index contributed by atoms with van der Waals surface area (Å²) < 4.78 is 28.7. The van der Waals surface area contributed by atoms with Crippen LogP contribution in [0.5, 0.6) is 0 Å². The third-order valence-corrected chi connectivity index (χ3v) is 5.55. The second-order valence-corrected chi connectivity index (χ2v) is 7.28. The van der Waals surface area contributed by atoms with Gasteiger partial charge in [-0.05, 0) is 24.3 Å². The van der Waals surface area contributed by atoms with E-state index in [0.29, 0.717) is 11.0 Å². The SMILES string of the molecule is Cn1cc(-c2cnc3ccn(S(=O)(=O)c4ccccc4)c3c2)cn1. The number of hydrogen-bond donors (Lipinski definition) is 0. The standard InChI is InChI=1S/C17H14N4O2S/c1-20-12-14(11-19-20)13-9-17-16(18-10-13)7-8-21(17)24(22,23)15-5-3-2-4-6-15/h2-12H,1H3. The molecule has 0 bridgehead atoms. The van der Waals surface area contributed by atoms with Crippen molar-refractivity contribution >= 4 is 21.1 Å². The molecular formula is C17H14N4O2S. The zero-order valence-corrected chi connectivity index (χ0v) is 13.7. The van der Waals surface area contributed by atoms with Crippen LogP contribution in [0.4, 0.5) is 0 Å². The summed E-state index contributed by atoms with van der Waals surface area (Å²) in [6.07, 6.45) is 6.84. The lowest BCUT2D eigenvalue weighted by atomic mass is 10.1. The summed E-state index contributed by atoms with van der Waals surface area (Å²) in [6, 6.07) is 11.9. The fraction of sp³-hybridized carbons (Fsp3) is 0.0588. The van der Waals surface area contributed by atoms with Gasteiger partial charge in [-0.15, -0.1) is 0 Å². The highest BCUT2D eigenvalue weighted by Gasteiger charge is 2.19. The summed E-state index contributed by atoms with van der Waals surface area (Å²) in [7, 11) is -1.83. The van der Waals surface area contributed by atoms with Crippen molar-refractivity contribution in [2.24, 2.45) is 7.05 Å². The monoisotopic (exact) mass is 338 g/mol. The maximum absolute atomic E-state index is 12.9. The van der Waals surface area contributed by atoms with Crippen molar-refractivity contribution in [2.75, 3.05) is 0 Å². The number of rotatable bonds is 3. The van der Waals surface area contributed by atoms with E-state index in [9.17, 15) is 8.42 Å². The largest absolute Gasteiger partial charge is 0.275 e. The van der Waals surface area contributed by atoms with Crippen molar-refractivity contribution in [3.63, 3.8) is 0 Å². The molecule has 0 aliphatic carbocycles. The summed E-state index contributed by atoms with van der Waals surface area (Å²) in [4.78, 5) is 4.62. The predicted octanol–water partition coefficient (Wildman–Crippen LogP) is 2.67. The van der Waals surface area contributed by atoms with Crippen LogP contribution >= 0.6 is 0 Å². The van der Waals surface area contributed by atoms with Gasteiger partial charge < -0.3 is 0 Å². The van der Waals surface area contributed by atoms with Gasteiger partial charge in [0.25, 0.3) is 10.0 Å². The molecule has 24 heavy (non-hydrogen) atoms. The second kappa shape index (κ2) is 5.31. The Kier molecular flexibility index (Phi) is 3.24. The van der Waals surface area contributed by atoms with E-state index in [4.69, 9.17) is 0 Å². The third kappa shape index (κ3) is 2.30. The number of nitrogens with zero attached hydrogens (tertiary/aromatic N) is 4. The molecule has 6 nitrogen and oxygen atoms in total. The Morgan fingerprint density at radius 3 is 2.50 bits per heavy atom. The number of pyridine rings is 1. The molecule has 0 saturated heterocycles. The Balaban J connectivity index is 1.91. The molecule has 0 unspecified atom stereocenters. The van der Waals surface area contributed by atoms with Crippen LogP contribution in [-0.4, -0.2) is 27.2 Å². The van der Waals surface area contributed by atoms with Gasteiger partial charge >= 0.3 is 0 Å². The molecule has 4 aromatic rings. The minimum Gasteiger partial charge on any atom is -0.275 e. The first kappa shape index (κ1) is 14.6. The van der Waals surface area contributed by atoms with Gasteiger partial charge in [0.05, 0.1) is 22.1 Å². The fourth-order valence-electron chi connectivity index (χ4n) is 2.63. The molecule has 0 aliphatic rings. The Hall–Kier alpha value is -2.93. The van der Waals surface area contributed by atoms with Gasteiger partial charge in [-0.25, -0.2) is 12.4 Å². The lowest BCUT2D eigenvalue weighted by Gasteiger charge is -2.08. The average molecular weight is 338 g/mol. The molecule has 3 heterocycles. The molecule has 0 saturated carbocycles. The highest BCUT2D eigenvalue weighted by molar-refractivity contribution is 7.90. The van der Waals surface area contributed by atoms with E-state index in [2.05, 4.69) is 10.1 Å². The predicted molar refractivity (Wildman–Crippen MR) is 91.0 cm³/mol. The molecule has 7 heteroatoms. The van der Waals surface area contributed by atoms with Crippen LogP contribution in [0.1, 0.15) is 0 Å². The highest BCUT2D eigenvalue weighted by Crippen LogP contribution is 2.25. The molecule has 1 aromatic carbocycles. The van der Waals surface area contributed by atoms with Crippen molar-refractivity contribution in [2.45, 2.75) is 4.90 Å². The molecule has 0 spiro atoms. The van der Waals surface area contributed by atoms with E-state index >= 15 is 0 Å². The molecule has 0 aliphatic heterocycles. The lowest BCUT2D eigenvalue weighted by Crippen LogP contribution is -2.11. The van der Waals surface area contributed by atoms with Crippen molar-refractivity contribution < 1.29 is 8.42 Å². The van der Waals surface area contributed by atoms with E-state index in [0.717, 1.165) is 11.1 Å². The Labute approximate surface area is 139 Å². The normalized spacial score (nSPS) is 11.9. The zero-order valence-electron chi connectivity index (χ0n) is 12.9. The quantitative estimate of drug-likeness (QED) is 0.576. The van der Waals surface area contributed by atoms with Crippen LogP contribution in [-0.2, 0) is 17.1 Å². The summed E-state index contributed by atoms with van der Waals surface area (Å²) in [5.74, 6) is 0. The van der Waals surface area contributed by atoms with Crippen molar-refractivity contribution in [3.8, 4) is 11.1 Å². The van der Waals surface area contributed by atoms with Gasteiger partial charge in [-0.3, -0.25) is 9.67 Å². The summed E-state index contributed by atoms with van der Waals surface area (Å²) >= 11 is 0. The third-order valence-electron chi connectivity index (χ3n) is 3.84.